The number of allylic oxidation sites excluding steroid dienone is 34. The van der Waals surface area contributed by atoms with Crippen LogP contribution in [-0.2, 0) is 28.6 Å². The van der Waals surface area contributed by atoms with E-state index < -0.39 is 12.1 Å². The lowest BCUT2D eigenvalue weighted by Crippen LogP contribution is -2.30. The van der Waals surface area contributed by atoms with Gasteiger partial charge in [0.1, 0.15) is 13.2 Å². The molecule has 74 heavy (non-hydrogen) atoms. The Morgan fingerprint density at radius 1 is 0.297 bits per heavy atom. The molecule has 1 unspecified atom stereocenters. The van der Waals surface area contributed by atoms with E-state index in [9.17, 15) is 14.4 Å². The van der Waals surface area contributed by atoms with Crippen molar-refractivity contribution in [1.82, 2.24) is 0 Å². The second kappa shape index (κ2) is 59.6. The van der Waals surface area contributed by atoms with Crippen LogP contribution in [0.25, 0.3) is 0 Å². The minimum atomic E-state index is -0.863. The van der Waals surface area contributed by atoms with Crippen molar-refractivity contribution in [3.05, 3.63) is 207 Å². The van der Waals surface area contributed by atoms with Gasteiger partial charge in [-0.3, -0.25) is 14.4 Å². The summed E-state index contributed by atoms with van der Waals surface area (Å²) in [5.41, 5.74) is 0. The van der Waals surface area contributed by atoms with Crippen LogP contribution >= 0.6 is 0 Å². The number of ether oxygens (including phenoxy) is 3. The largest absolute Gasteiger partial charge is 0.462 e. The van der Waals surface area contributed by atoms with Gasteiger partial charge in [-0.1, -0.05) is 266 Å². The number of unbranched alkanes of at least 4 members (excludes halogenated alkanes) is 11. The van der Waals surface area contributed by atoms with Crippen LogP contribution in [0.2, 0.25) is 0 Å². The zero-order chi connectivity index (χ0) is 53.6. The van der Waals surface area contributed by atoms with Gasteiger partial charge in [0.15, 0.2) is 6.10 Å². The summed E-state index contributed by atoms with van der Waals surface area (Å²) >= 11 is 0. The van der Waals surface area contributed by atoms with Crippen LogP contribution in [0.4, 0.5) is 0 Å². The summed E-state index contributed by atoms with van der Waals surface area (Å²) in [7, 11) is 0. The topological polar surface area (TPSA) is 78.9 Å². The van der Waals surface area contributed by atoms with Gasteiger partial charge in [-0.2, -0.15) is 0 Å². The molecule has 0 aromatic heterocycles. The van der Waals surface area contributed by atoms with E-state index in [1.165, 1.54) is 19.3 Å². The molecule has 0 aliphatic heterocycles. The molecule has 0 saturated heterocycles. The summed E-state index contributed by atoms with van der Waals surface area (Å²) in [5.74, 6) is -1.12. The SMILES string of the molecule is CC\C=C/C=C\C=C/C=C\C=C\C=C/C=C\CCCCCC(=O)OCC(COC(=O)CCCCCCC\C=C/C=C\C=C/C=C\CCCCC)OC(=O)CC/C=C\C/C=C\C/C=C\C/C=C\C/C=C\C/C=C\CC. The highest BCUT2D eigenvalue weighted by Gasteiger charge is 2.19. The highest BCUT2D eigenvalue weighted by Crippen LogP contribution is 2.11. The third-order valence-electron chi connectivity index (χ3n) is 10.8. The summed E-state index contributed by atoms with van der Waals surface area (Å²) in [6.07, 6.45) is 92.4. The Morgan fingerprint density at radius 3 is 1.03 bits per heavy atom. The van der Waals surface area contributed by atoms with Crippen LogP contribution in [0.1, 0.15) is 181 Å². The molecule has 0 amide bonds. The first-order chi connectivity index (χ1) is 36.5. The van der Waals surface area contributed by atoms with Crippen molar-refractivity contribution < 1.29 is 28.6 Å². The molecule has 0 bridgehead atoms. The molecule has 6 nitrogen and oxygen atoms in total. The van der Waals surface area contributed by atoms with E-state index in [4.69, 9.17) is 14.2 Å². The first-order valence-corrected chi connectivity index (χ1v) is 28.2. The number of hydrogen-bond acceptors (Lipinski definition) is 6. The molecule has 0 N–H and O–H groups in total. The minimum absolute atomic E-state index is 0.149. The van der Waals surface area contributed by atoms with E-state index in [1.54, 1.807) is 0 Å². The third-order valence-corrected chi connectivity index (χ3v) is 10.8. The Kier molecular flexibility index (Phi) is 54.7. The van der Waals surface area contributed by atoms with Crippen molar-refractivity contribution >= 4 is 17.9 Å². The average molecular weight is 1010 g/mol. The maximum Gasteiger partial charge on any atom is 0.306 e. The molecule has 1 atom stereocenters. The lowest BCUT2D eigenvalue weighted by molar-refractivity contribution is -0.166. The van der Waals surface area contributed by atoms with Gasteiger partial charge in [0, 0.05) is 19.3 Å². The number of carbonyl (C=O) groups excluding carboxylic acids is 3. The van der Waals surface area contributed by atoms with Gasteiger partial charge >= 0.3 is 17.9 Å². The van der Waals surface area contributed by atoms with Crippen LogP contribution < -0.4 is 0 Å². The zero-order valence-electron chi connectivity index (χ0n) is 46.2. The van der Waals surface area contributed by atoms with Gasteiger partial charge in [-0.15, -0.1) is 0 Å². The monoisotopic (exact) mass is 1010 g/mol. The molecule has 0 aromatic rings. The van der Waals surface area contributed by atoms with E-state index in [-0.39, 0.29) is 38.0 Å². The molecule has 0 aromatic carbocycles. The second-order valence-electron chi connectivity index (χ2n) is 17.6. The van der Waals surface area contributed by atoms with Crippen molar-refractivity contribution in [1.29, 1.82) is 0 Å². The van der Waals surface area contributed by atoms with E-state index in [1.807, 2.05) is 85.1 Å². The van der Waals surface area contributed by atoms with E-state index in [2.05, 4.69) is 142 Å². The number of carbonyl (C=O) groups is 3. The first-order valence-electron chi connectivity index (χ1n) is 28.2. The fraction of sp³-hybridized carbons (Fsp3) is 0.456. The van der Waals surface area contributed by atoms with Gasteiger partial charge in [-0.25, -0.2) is 0 Å². The van der Waals surface area contributed by atoms with Gasteiger partial charge in [0.2, 0.25) is 0 Å². The Balaban J connectivity index is 4.72. The molecule has 0 aliphatic rings. The number of esters is 3. The molecule has 0 heterocycles. The Morgan fingerprint density at radius 2 is 0.622 bits per heavy atom. The highest BCUT2D eigenvalue weighted by atomic mass is 16.6. The fourth-order valence-electron chi connectivity index (χ4n) is 6.64. The molecular weight excluding hydrogens is 913 g/mol. The van der Waals surface area contributed by atoms with Crippen molar-refractivity contribution in [2.24, 2.45) is 0 Å². The molecule has 6 heteroatoms. The molecule has 0 aliphatic carbocycles. The summed E-state index contributed by atoms with van der Waals surface area (Å²) in [6.45, 7) is 6.18. The number of hydrogen-bond donors (Lipinski definition) is 0. The van der Waals surface area contributed by atoms with Crippen molar-refractivity contribution in [3.63, 3.8) is 0 Å². The zero-order valence-corrected chi connectivity index (χ0v) is 46.2. The lowest BCUT2D eigenvalue weighted by atomic mass is 10.1. The van der Waals surface area contributed by atoms with Crippen LogP contribution in [-0.4, -0.2) is 37.2 Å². The Hall–Kier alpha value is -6.01. The van der Waals surface area contributed by atoms with Gasteiger partial charge in [-0.05, 0) is 103 Å². The van der Waals surface area contributed by atoms with Crippen LogP contribution in [0.3, 0.4) is 0 Å². The van der Waals surface area contributed by atoms with Gasteiger partial charge in [0.25, 0.3) is 0 Å². The first kappa shape index (κ1) is 68.0. The summed E-state index contributed by atoms with van der Waals surface area (Å²) in [4.78, 5) is 38.2. The molecule has 0 fully saturated rings. The normalized spacial score (nSPS) is 13.7. The molecule has 0 spiro atoms. The lowest BCUT2D eigenvalue weighted by Gasteiger charge is -2.18. The molecule has 0 saturated carbocycles. The van der Waals surface area contributed by atoms with E-state index >= 15 is 0 Å². The van der Waals surface area contributed by atoms with Crippen molar-refractivity contribution in [2.75, 3.05) is 13.2 Å². The summed E-state index contributed by atoms with van der Waals surface area (Å²) in [5, 5.41) is 0. The van der Waals surface area contributed by atoms with Gasteiger partial charge < -0.3 is 14.2 Å². The molecule has 0 rings (SSSR count). The van der Waals surface area contributed by atoms with Crippen LogP contribution in [0, 0.1) is 0 Å². The average Bonchev–Trinajstić information content (AvgIpc) is 3.40. The van der Waals surface area contributed by atoms with Crippen molar-refractivity contribution in [3.8, 4) is 0 Å². The maximum absolute atomic E-state index is 12.8. The predicted molar refractivity (Wildman–Crippen MR) is 320 cm³/mol. The Bertz CT molecular complexity index is 1880. The molecular formula is C68H98O6. The smallest absolute Gasteiger partial charge is 0.306 e. The standard InChI is InChI=1S/C68H98O6/c1-4-7-10-13-16-19-22-25-28-31-34-37-40-43-46-49-52-55-58-61-67(70)73-64-65(63-72-66(69)60-57-54-51-48-45-42-39-36-33-30-27-24-21-18-15-12-9-6-3)74-68(71)62-59-56-53-50-47-44-41-38-35-32-29-26-23-20-17-14-11-8-5-2/h7-8,10-11,13,16-22,24-31,33-40,43-44,46-47,53,56,65H,4-6,9,12,14-15,23,32,41-42,45,48-52,54-55,57-64H2,1-3H3/b10-7-,11-8-,16-13-,20-17-,21-18-,22-19-,27-24-,28-25-,29-26-,33-30-,34-31+,38-35-,39-36-,40-37-,46-43-,47-44-,56-53-. The van der Waals surface area contributed by atoms with E-state index in [0.29, 0.717) is 19.3 Å². The van der Waals surface area contributed by atoms with Gasteiger partial charge in [0.05, 0.1) is 0 Å². The second-order valence-corrected chi connectivity index (χ2v) is 17.6. The van der Waals surface area contributed by atoms with Crippen LogP contribution in [0.5, 0.6) is 0 Å². The maximum atomic E-state index is 12.8. The quantitative estimate of drug-likeness (QED) is 0.0199. The summed E-state index contributed by atoms with van der Waals surface area (Å²) < 4.78 is 16.7. The summed E-state index contributed by atoms with van der Waals surface area (Å²) in [6, 6.07) is 0. The predicted octanol–water partition coefficient (Wildman–Crippen LogP) is 19.3. The number of rotatable bonds is 47. The minimum Gasteiger partial charge on any atom is -0.462 e. The third kappa shape index (κ3) is 56.9. The van der Waals surface area contributed by atoms with E-state index in [0.717, 1.165) is 109 Å². The molecule has 406 valence electrons. The fourth-order valence-corrected chi connectivity index (χ4v) is 6.64. The van der Waals surface area contributed by atoms with Crippen LogP contribution in [0.15, 0.2) is 207 Å². The Labute approximate surface area is 451 Å². The molecule has 0 radical (unpaired) electrons. The highest BCUT2D eigenvalue weighted by molar-refractivity contribution is 5.71. The van der Waals surface area contributed by atoms with Crippen molar-refractivity contribution in [2.45, 2.75) is 187 Å².